The summed E-state index contributed by atoms with van der Waals surface area (Å²) in [4.78, 5) is 7.18. The molecule has 10 heteroatoms. The third-order valence-electron chi connectivity index (χ3n) is 2.27. The number of hydrogen-bond donors (Lipinski definition) is 3. The molecule has 2 aromatic rings. The van der Waals surface area contributed by atoms with Crippen LogP contribution in [0.5, 0.6) is 0 Å². The first-order valence-corrected chi connectivity index (χ1v) is 7.29. The predicted molar refractivity (Wildman–Crippen MR) is 76.0 cm³/mol. The van der Waals surface area contributed by atoms with E-state index in [2.05, 4.69) is 15.3 Å². The number of aromatic nitrogens is 2. The van der Waals surface area contributed by atoms with Crippen LogP contribution in [0.25, 0.3) is 0 Å². The van der Waals surface area contributed by atoms with Crippen LogP contribution in [0.15, 0.2) is 29.3 Å². The Balaban J connectivity index is 2.36. The van der Waals surface area contributed by atoms with Gasteiger partial charge in [-0.2, -0.15) is 13.4 Å². The van der Waals surface area contributed by atoms with E-state index in [0.29, 0.717) is 5.69 Å². The SMILES string of the molecule is Nc1cc(Nc2nc(Cl)ncc2Cl)ccc1S(=O)(=O)O. The zero-order chi connectivity index (χ0) is 14.9. The summed E-state index contributed by atoms with van der Waals surface area (Å²) in [7, 11) is -4.36. The molecule has 4 N–H and O–H groups in total. The molecule has 0 aliphatic heterocycles. The molecule has 0 fully saturated rings. The maximum atomic E-state index is 11.0. The van der Waals surface area contributed by atoms with E-state index in [1.807, 2.05) is 0 Å². The molecule has 0 bridgehead atoms. The Labute approximate surface area is 124 Å². The van der Waals surface area contributed by atoms with Crippen LogP contribution in [0, 0.1) is 0 Å². The lowest BCUT2D eigenvalue weighted by Crippen LogP contribution is -2.04. The fourth-order valence-corrected chi connectivity index (χ4v) is 2.30. The van der Waals surface area contributed by atoms with Crippen molar-refractivity contribution in [2.45, 2.75) is 4.90 Å². The number of anilines is 3. The lowest BCUT2D eigenvalue weighted by Gasteiger charge is -2.09. The van der Waals surface area contributed by atoms with E-state index in [0.717, 1.165) is 6.07 Å². The molecule has 0 saturated carbocycles. The fraction of sp³-hybridized carbons (Fsp3) is 0. The normalized spacial score (nSPS) is 11.3. The van der Waals surface area contributed by atoms with Crippen molar-refractivity contribution >= 4 is 50.5 Å². The van der Waals surface area contributed by atoms with Crippen LogP contribution < -0.4 is 11.1 Å². The minimum atomic E-state index is -4.36. The van der Waals surface area contributed by atoms with Gasteiger partial charge in [0, 0.05) is 5.69 Å². The van der Waals surface area contributed by atoms with Crippen molar-refractivity contribution in [3.63, 3.8) is 0 Å². The van der Waals surface area contributed by atoms with Crippen LogP contribution in [0.2, 0.25) is 10.3 Å². The van der Waals surface area contributed by atoms with Gasteiger partial charge in [-0.15, -0.1) is 0 Å². The highest BCUT2D eigenvalue weighted by atomic mass is 35.5. The molecule has 1 aromatic heterocycles. The van der Waals surface area contributed by atoms with Gasteiger partial charge in [-0.3, -0.25) is 4.55 Å². The topological polar surface area (TPSA) is 118 Å². The van der Waals surface area contributed by atoms with Gasteiger partial charge in [0.15, 0.2) is 5.82 Å². The maximum Gasteiger partial charge on any atom is 0.296 e. The standard InChI is InChI=1S/C10H8Cl2N4O3S/c11-6-4-14-10(12)16-9(6)15-5-1-2-8(7(13)3-5)20(17,18)19/h1-4H,13H2,(H,14,15,16)(H,17,18,19). The first-order chi connectivity index (χ1) is 9.27. The second kappa shape index (κ2) is 5.41. The third kappa shape index (κ3) is 3.28. The molecule has 0 saturated heterocycles. The smallest absolute Gasteiger partial charge is 0.296 e. The zero-order valence-electron chi connectivity index (χ0n) is 9.71. The molecule has 20 heavy (non-hydrogen) atoms. The lowest BCUT2D eigenvalue weighted by molar-refractivity contribution is 0.483. The van der Waals surface area contributed by atoms with E-state index in [1.165, 1.54) is 18.3 Å². The van der Waals surface area contributed by atoms with E-state index in [9.17, 15) is 8.42 Å². The van der Waals surface area contributed by atoms with Gasteiger partial charge < -0.3 is 11.1 Å². The Morgan fingerprint density at radius 2 is 2.00 bits per heavy atom. The summed E-state index contributed by atoms with van der Waals surface area (Å²) in [5, 5.41) is 3.04. The highest BCUT2D eigenvalue weighted by molar-refractivity contribution is 7.86. The summed E-state index contributed by atoms with van der Waals surface area (Å²) in [5.41, 5.74) is 5.86. The van der Waals surface area contributed by atoms with Gasteiger partial charge in [-0.1, -0.05) is 11.6 Å². The largest absolute Gasteiger partial charge is 0.398 e. The van der Waals surface area contributed by atoms with E-state index in [1.54, 1.807) is 0 Å². The summed E-state index contributed by atoms with van der Waals surface area (Å²) in [6.45, 7) is 0. The second-order valence-corrected chi connectivity index (χ2v) is 5.82. The zero-order valence-corrected chi connectivity index (χ0v) is 12.0. The number of nitrogens with one attached hydrogen (secondary N) is 1. The van der Waals surface area contributed by atoms with Crippen molar-refractivity contribution < 1.29 is 13.0 Å². The molecule has 7 nitrogen and oxygen atoms in total. The molecule has 0 radical (unpaired) electrons. The van der Waals surface area contributed by atoms with Gasteiger partial charge >= 0.3 is 0 Å². The Morgan fingerprint density at radius 3 is 2.60 bits per heavy atom. The van der Waals surface area contributed by atoms with Crippen LogP contribution in [-0.2, 0) is 10.1 Å². The quantitative estimate of drug-likeness (QED) is 0.447. The van der Waals surface area contributed by atoms with Crippen molar-refractivity contribution in [2.24, 2.45) is 0 Å². The van der Waals surface area contributed by atoms with Gasteiger partial charge in [-0.05, 0) is 29.8 Å². The summed E-state index contributed by atoms with van der Waals surface area (Å²) < 4.78 is 31.0. The van der Waals surface area contributed by atoms with E-state index in [4.69, 9.17) is 33.5 Å². The predicted octanol–water partition coefficient (Wildman–Crippen LogP) is 2.36. The van der Waals surface area contributed by atoms with Gasteiger partial charge in [0.05, 0.1) is 11.9 Å². The van der Waals surface area contributed by atoms with Gasteiger partial charge in [0.25, 0.3) is 10.1 Å². The molecule has 0 spiro atoms. The van der Waals surface area contributed by atoms with Crippen LogP contribution in [0.4, 0.5) is 17.2 Å². The molecule has 0 unspecified atom stereocenters. The minimum Gasteiger partial charge on any atom is -0.398 e. The van der Waals surface area contributed by atoms with Crippen molar-refractivity contribution in [3.8, 4) is 0 Å². The van der Waals surface area contributed by atoms with Crippen molar-refractivity contribution in [2.75, 3.05) is 11.1 Å². The summed E-state index contributed by atoms with van der Waals surface area (Å²) in [5.74, 6) is 0.241. The molecule has 106 valence electrons. The molecule has 0 amide bonds. The van der Waals surface area contributed by atoms with Crippen LogP contribution in [0.1, 0.15) is 0 Å². The van der Waals surface area contributed by atoms with Gasteiger partial charge in [0.1, 0.15) is 9.92 Å². The maximum absolute atomic E-state index is 11.0. The first kappa shape index (κ1) is 14.8. The molecule has 1 aromatic carbocycles. The van der Waals surface area contributed by atoms with Crippen LogP contribution in [-0.4, -0.2) is 22.9 Å². The lowest BCUT2D eigenvalue weighted by atomic mass is 10.3. The van der Waals surface area contributed by atoms with E-state index in [-0.39, 0.29) is 26.7 Å². The van der Waals surface area contributed by atoms with E-state index < -0.39 is 10.1 Å². The third-order valence-corrected chi connectivity index (χ3v) is 3.65. The number of nitrogens with two attached hydrogens (primary N) is 1. The molecular weight excluding hydrogens is 327 g/mol. The number of rotatable bonds is 3. The molecular formula is C10H8Cl2N4O3S. The number of benzene rings is 1. The Kier molecular flexibility index (Phi) is 4.00. The number of hydrogen-bond acceptors (Lipinski definition) is 6. The second-order valence-electron chi connectivity index (χ2n) is 3.69. The average molecular weight is 335 g/mol. The highest BCUT2D eigenvalue weighted by Crippen LogP contribution is 2.27. The van der Waals surface area contributed by atoms with Crippen LogP contribution >= 0.6 is 23.2 Å². The molecule has 0 atom stereocenters. The molecule has 2 rings (SSSR count). The molecule has 0 aliphatic carbocycles. The number of nitrogen functional groups attached to an aromatic ring is 1. The molecule has 1 heterocycles. The van der Waals surface area contributed by atoms with Crippen molar-refractivity contribution in [1.29, 1.82) is 0 Å². The summed E-state index contributed by atoms with van der Waals surface area (Å²) >= 11 is 11.5. The first-order valence-electron chi connectivity index (χ1n) is 5.09. The van der Waals surface area contributed by atoms with Gasteiger partial charge in [-0.25, -0.2) is 4.98 Å². The monoisotopic (exact) mass is 334 g/mol. The highest BCUT2D eigenvalue weighted by Gasteiger charge is 2.14. The average Bonchev–Trinajstić information content (AvgIpc) is 2.32. The van der Waals surface area contributed by atoms with Gasteiger partial charge in [0.2, 0.25) is 5.28 Å². The van der Waals surface area contributed by atoms with Crippen LogP contribution in [0.3, 0.4) is 0 Å². The Bertz CT molecular complexity index is 767. The fourth-order valence-electron chi connectivity index (χ4n) is 1.43. The number of halogens is 2. The Hall–Kier alpha value is -1.61. The van der Waals surface area contributed by atoms with Crippen molar-refractivity contribution in [3.05, 3.63) is 34.7 Å². The number of nitrogens with zero attached hydrogens (tertiary/aromatic N) is 2. The summed E-state index contributed by atoms with van der Waals surface area (Å²) in [6, 6.07) is 3.87. The molecule has 0 aliphatic rings. The summed E-state index contributed by atoms with van der Waals surface area (Å²) in [6.07, 6.45) is 1.31. The Morgan fingerprint density at radius 1 is 1.30 bits per heavy atom. The van der Waals surface area contributed by atoms with E-state index >= 15 is 0 Å². The van der Waals surface area contributed by atoms with Crippen molar-refractivity contribution in [1.82, 2.24) is 9.97 Å². The minimum absolute atomic E-state index is 0.000530.